The van der Waals surface area contributed by atoms with E-state index in [9.17, 15) is 9.59 Å². The van der Waals surface area contributed by atoms with Crippen molar-refractivity contribution in [3.05, 3.63) is 17.0 Å². The summed E-state index contributed by atoms with van der Waals surface area (Å²) in [5, 5.41) is 6.83. The first-order valence-electron chi connectivity index (χ1n) is 4.48. The fraction of sp³-hybridized carbons (Fsp3) is 0.444. The molecule has 0 spiro atoms. The molecule has 14 heavy (non-hydrogen) atoms. The van der Waals surface area contributed by atoms with Crippen LogP contribution in [0.2, 0.25) is 0 Å². The van der Waals surface area contributed by atoms with Gasteiger partial charge in [-0.15, -0.1) is 0 Å². The first kappa shape index (κ1) is 8.93. The van der Waals surface area contributed by atoms with E-state index < -0.39 is 0 Å². The molecule has 2 heterocycles. The lowest BCUT2D eigenvalue weighted by molar-refractivity contribution is 0.0922. The summed E-state index contributed by atoms with van der Waals surface area (Å²) in [6.07, 6.45) is 0. The van der Waals surface area contributed by atoms with Crippen LogP contribution in [0.5, 0.6) is 0 Å². The molecule has 0 saturated carbocycles. The molecule has 1 aliphatic rings. The summed E-state index contributed by atoms with van der Waals surface area (Å²) in [4.78, 5) is 22.6. The molecule has 0 unspecified atom stereocenters. The number of rotatable bonds is 1. The number of nitrogens with one attached hydrogen (secondary N) is 1. The molecule has 5 nitrogen and oxygen atoms in total. The van der Waals surface area contributed by atoms with Crippen LogP contribution < -0.4 is 5.32 Å². The van der Waals surface area contributed by atoms with E-state index >= 15 is 0 Å². The maximum atomic E-state index is 11.5. The van der Waals surface area contributed by atoms with Crippen LogP contribution in [0.25, 0.3) is 0 Å². The minimum atomic E-state index is -0.145. The van der Waals surface area contributed by atoms with E-state index in [0.717, 1.165) is 0 Å². The first-order chi connectivity index (χ1) is 6.61. The highest BCUT2D eigenvalue weighted by atomic mass is 16.2. The van der Waals surface area contributed by atoms with Crippen LogP contribution in [-0.2, 0) is 6.54 Å². The monoisotopic (exact) mass is 193 g/mol. The Labute approximate surface area is 81.1 Å². The van der Waals surface area contributed by atoms with Gasteiger partial charge >= 0.3 is 0 Å². The van der Waals surface area contributed by atoms with Gasteiger partial charge in [0, 0.05) is 19.0 Å². The van der Waals surface area contributed by atoms with E-state index in [1.165, 1.54) is 6.92 Å². The van der Waals surface area contributed by atoms with Crippen LogP contribution >= 0.6 is 0 Å². The fourth-order valence-corrected chi connectivity index (χ4v) is 1.69. The van der Waals surface area contributed by atoms with Crippen molar-refractivity contribution in [3.8, 4) is 0 Å². The molecular formula is C9H11N3O2. The second-order valence-corrected chi connectivity index (χ2v) is 3.36. The zero-order valence-corrected chi connectivity index (χ0v) is 8.13. The van der Waals surface area contributed by atoms with Gasteiger partial charge in [-0.1, -0.05) is 0 Å². The molecule has 5 heteroatoms. The summed E-state index contributed by atoms with van der Waals surface area (Å²) in [6, 6.07) is 0. The van der Waals surface area contributed by atoms with Crippen molar-refractivity contribution in [2.45, 2.75) is 20.4 Å². The number of aromatic nitrogens is 2. The number of ketones is 1. The number of nitrogens with zero attached hydrogens (tertiary/aromatic N) is 2. The first-order valence-corrected chi connectivity index (χ1v) is 4.48. The summed E-state index contributed by atoms with van der Waals surface area (Å²) in [5.74, 6) is -0.244. The second kappa shape index (κ2) is 2.94. The van der Waals surface area contributed by atoms with Crippen molar-refractivity contribution in [2.24, 2.45) is 0 Å². The number of hydrogen-bond donors (Lipinski definition) is 1. The number of carbonyl (C=O) groups is 2. The Morgan fingerprint density at radius 3 is 2.86 bits per heavy atom. The predicted octanol–water partition coefficient (Wildman–Crippen LogP) is 0.138. The normalized spacial score (nSPS) is 14.9. The van der Waals surface area contributed by atoms with E-state index in [-0.39, 0.29) is 11.7 Å². The van der Waals surface area contributed by atoms with Crippen molar-refractivity contribution in [1.29, 1.82) is 0 Å². The number of Topliss-reactive ketones (excluding diaryl/α,β-unsaturated/α-hetero) is 1. The van der Waals surface area contributed by atoms with Crippen molar-refractivity contribution >= 4 is 11.7 Å². The molecule has 1 aromatic heterocycles. The Kier molecular flexibility index (Phi) is 1.87. The van der Waals surface area contributed by atoms with E-state index in [0.29, 0.717) is 30.0 Å². The molecule has 1 aliphatic heterocycles. The van der Waals surface area contributed by atoms with Gasteiger partial charge in [-0.25, -0.2) is 0 Å². The molecule has 1 aromatic rings. The summed E-state index contributed by atoms with van der Waals surface area (Å²) >= 11 is 0. The highest BCUT2D eigenvalue weighted by Gasteiger charge is 2.24. The van der Waals surface area contributed by atoms with Gasteiger partial charge in [0.05, 0.1) is 6.54 Å². The Balaban J connectivity index is 2.60. The van der Waals surface area contributed by atoms with Gasteiger partial charge in [0.25, 0.3) is 5.91 Å². The number of hydrogen-bond acceptors (Lipinski definition) is 3. The molecule has 1 amide bonds. The van der Waals surface area contributed by atoms with Crippen molar-refractivity contribution < 1.29 is 9.59 Å². The Hall–Kier alpha value is -1.65. The third-order valence-electron chi connectivity index (χ3n) is 2.35. The average Bonchev–Trinajstić information content (AvgIpc) is 2.45. The quantitative estimate of drug-likeness (QED) is 0.645. The molecule has 0 fully saturated rings. The lowest BCUT2D eigenvalue weighted by Crippen LogP contribution is -2.35. The zero-order valence-electron chi connectivity index (χ0n) is 8.13. The SMILES string of the molecule is CC(=O)c1nn2c(c1C)C(=O)NCC2. The van der Waals surface area contributed by atoms with Gasteiger partial charge in [0.1, 0.15) is 11.4 Å². The molecule has 0 radical (unpaired) electrons. The summed E-state index contributed by atoms with van der Waals surface area (Å²) < 4.78 is 1.60. The van der Waals surface area contributed by atoms with Crippen LogP contribution in [0.4, 0.5) is 0 Å². The van der Waals surface area contributed by atoms with Crippen LogP contribution in [0.1, 0.15) is 33.5 Å². The Bertz CT molecular complexity index is 420. The van der Waals surface area contributed by atoms with Crippen LogP contribution in [0.15, 0.2) is 0 Å². The predicted molar refractivity (Wildman–Crippen MR) is 49.3 cm³/mol. The summed E-state index contributed by atoms with van der Waals surface area (Å²) in [6.45, 7) is 4.42. The van der Waals surface area contributed by atoms with Crippen LogP contribution in [-0.4, -0.2) is 28.0 Å². The standard InChI is InChI=1S/C9H11N3O2/c1-5-7(6(2)13)11-12-4-3-10-9(14)8(5)12/h3-4H2,1-2H3,(H,10,14). The number of amides is 1. The van der Waals surface area contributed by atoms with E-state index in [2.05, 4.69) is 10.4 Å². The summed E-state index contributed by atoms with van der Waals surface area (Å²) in [7, 11) is 0. The maximum Gasteiger partial charge on any atom is 0.269 e. The van der Waals surface area contributed by atoms with E-state index in [1.54, 1.807) is 11.6 Å². The van der Waals surface area contributed by atoms with Gasteiger partial charge in [0.2, 0.25) is 0 Å². The van der Waals surface area contributed by atoms with Crippen molar-refractivity contribution in [1.82, 2.24) is 15.1 Å². The lowest BCUT2D eigenvalue weighted by Gasteiger charge is -2.14. The average molecular weight is 193 g/mol. The van der Waals surface area contributed by atoms with Gasteiger partial charge in [0.15, 0.2) is 5.78 Å². The van der Waals surface area contributed by atoms with Gasteiger partial charge in [-0.2, -0.15) is 5.10 Å². The van der Waals surface area contributed by atoms with Crippen molar-refractivity contribution in [2.75, 3.05) is 6.54 Å². The molecule has 1 N–H and O–H groups in total. The Morgan fingerprint density at radius 2 is 2.29 bits per heavy atom. The molecule has 2 rings (SSSR count). The highest BCUT2D eigenvalue weighted by Crippen LogP contribution is 2.15. The van der Waals surface area contributed by atoms with Crippen molar-refractivity contribution in [3.63, 3.8) is 0 Å². The minimum Gasteiger partial charge on any atom is -0.349 e. The zero-order chi connectivity index (χ0) is 10.3. The molecule has 0 aromatic carbocycles. The fourth-order valence-electron chi connectivity index (χ4n) is 1.69. The summed E-state index contributed by atoms with van der Waals surface area (Å²) in [5.41, 5.74) is 1.59. The number of carbonyl (C=O) groups excluding carboxylic acids is 2. The van der Waals surface area contributed by atoms with E-state index in [1.807, 2.05) is 0 Å². The topological polar surface area (TPSA) is 64.0 Å². The highest BCUT2D eigenvalue weighted by molar-refractivity contribution is 6.00. The molecule has 74 valence electrons. The molecule has 0 atom stereocenters. The van der Waals surface area contributed by atoms with Crippen LogP contribution in [0, 0.1) is 6.92 Å². The van der Waals surface area contributed by atoms with Crippen LogP contribution in [0.3, 0.4) is 0 Å². The molecule has 0 bridgehead atoms. The molecule has 0 saturated heterocycles. The smallest absolute Gasteiger partial charge is 0.269 e. The minimum absolute atomic E-state index is 0.0998. The van der Waals surface area contributed by atoms with E-state index in [4.69, 9.17) is 0 Å². The molecular weight excluding hydrogens is 182 g/mol. The largest absolute Gasteiger partial charge is 0.349 e. The van der Waals surface area contributed by atoms with Gasteiger partial charge < -0.3 is 5.32 Å². The lowest BCUT2D eigenvalue weighted by atomic mass is 10.1. The van der Waals surface area contributed by atoms with Gasteiger partial charge in [-0.3, -0.25) is 14.3 Å². The van der Waals surface area contributed by atoms with Gasteiger partial charge in [-0.05, 0) is 6.92 Å². The third-order valence-corrected chi connectivity index (χ3v) is 2.35. The molecule has 0 aliphatic carbocycles. The number of fused-ring (bicyclic) bond motifs is 1. The second-order valence-electron chi connectivity index (χ2n) is 3.36. The third kappa shape index (κ3) is 1.13. The maximum absolute atomic E-state index is 11.5. The Morgan fingerprint density at radius 1 is 1.57 bits per heavy atom.